The van der Waals surface area contributed by atoms with Crippen LogP contribution < -0.4 is 49.1 Å². The first kappa shape index (κ1) is 57.0. The highest BCUT2D eigenvalue weighted by molar-refractivity contribution is 5.98. The molecule has 1 aliphatic rings. The van der Waals surface area contributed by atoms with Crippen LogP contribution in [0.2, 0.25) is 0 Å². The van der Waals surface area contributed by atoms with Crippen LogP contribution in [0.5, 0.6) is 0 Å². The smallest absolute Gasteiger partial charge is 0.328 e. The topological polar surface area (TPSA) is 349 Å². The number of hydrogen-bond acceptors (Lipinski definition) is 12. The zero-order valence-corrected chi connectivity index (χ0v) is 38.9. The molecular weight excluding hydrogens is 833 g/mol. The number of nitrogens with two attached hydrogens (primary N) is 3. The molecule has 1 heterocycles. The molecule has 0 spiro atoms. The van der Waals surface area contributed by atoms with Crippen LogP contribution in [0.15, 0.2) is 4.99 Å². The van der Waals surface area contributed by atoms with Crippen molar-refractivity contribution in [2.75, 3.05) is 6.54 Å². The molecule has 1 rings (SSSR count). The molecule has 0 aromatic carbocycles. The molecule has 1 fully saturated rings. The number of unbranched alkanes of at least 4 members (excludes halogenated alkanes) is 9. The second kappa shape index (κ2) is 30.2. The number of carbonyl (C=O) groups is 8. The standard InChI is InChI=1S/C43H78N10O11/c1-8-24(3)33-38(59)51-34(25(4)9-2)39(60)53-35(27(6)54)40(61)49-30(23-31(44)56)37(58)48-26(5)42(63)64-28(7)36(41(62)52-33)50-32(57)22-29(55)20-18-16-14-12-10-11-13-15-17-19-21-47-43(45)46/h24-30,33-36,54-55H,8-23H2,1-7H3,(H2,44,56)(H,48,58)(H,49,61)(H,50,57)(H,51,59)(H,52,62)(H,53,60)(H4,45,46,47)/t24-,25+,26+,27+,28+,29+,30+,33+,34-,35+,36-/m0/s1. The molecule has 0 radical (unpaired) electrons. The Morgan fingerprint density at radius 1 is 0.672 bits per heavy atom. The Hall–Kier alpha value is -5.05. The molecule has 0 saturated carbocycles. The van der Waals surface area contributed by atoms with Crippen molar-refractivity contribution in [2.24, 2.45) is 34.0 Å². The summed E-state index contributed by atoms with van der Waals surface area (Å²) < 4.78 is 5.56. The highest BCUT2D eigenvalue weighted by atomic mass is 16.5. The minimum absolute atomic E-state index is 0.112. The van der Waals surface area contributed by atoms with E-state index in [0.29, 0.717) is 32.2 Å². The summed E-state index contributed by atoms with van der Waals surface area (Å²) in [7, 11) is 0. The summed E-state index contributed by atoms with van der Waals surface area (Å²) in [6.45, 7) is 11.3. The van der Waals surface area contributed by atoms with E-state index in [4.69, 9.17) is 21.9 Å². The maximum atomic E-state index is 14.1. The molecule has 1 saturated heterocycles. The number of hydrogen-bond donors (Lipinski definition) is 11. The van der Waals surface area contributed by atoms with E-state index in [1.807, 2.05) is 0 Å². The van der Waals surface area contributed by atoms with Gasteiger partial charge in [-0.15, -0.1) is 0 Å². The van der Waals surface area contributed by atoms with Gasteiger partial charge in [0.2, 0.25) is 41.4 Å². The average molecular weight is 911 g/mol. The van der Waals surface area contributed by atoms with Crippen LogP contribution in [-0.2, 0) is 43.1 Å². The number of nitrogens with one attached hydrogen (secondary N) is 6. The first-order valence-electron chi connectivity index (χ1n) is 22.8. The Morgan fingerprint density at radius 2 is 1.14 bits per heavy atom. The third kappa shape index (κ3) is 21.6. The number of ether oxygens (including phenoxy) is 1. The molecule has 64 heavy (non-hydrogen) atoms. The van der Waals surface area contributed by atoms with E-state index in [-0.39, 0.29) is 12.4 Å². The van der Waals surface area contributed by atoms with E-state index in [2.05, 4.69) is 36.9 Å². The molecule has 14 N–H and O–H groups in total. The van der Waals surface area contributed by atoms with Crippen molar-refractivity contribution in [3.63, 3.8) is 0 Å². The van der Waals surface area contributed by atoms with Gasteiger partial charge < -0.3 is 64.1 Å². The van der Waals surface area contributed by atoms with Crippen molar-refractivity contribution in [3.8, 4) is 0 Å². The van der Waals surface area contributed by atoms with Crippen molar-refractivity contribution in [1.82, 2.24) is 31.9 Å². The lowest BCUT2D eigenvalue weighted by molar-refractivity contribution is -0.155. The Bertz CT molecular complexity index is 1560. The van der Waals surface area contributed by atoms with Crippen LogP contribution in [0, 0.1) is 11.8 Å². The number of esters is 1. The Balaban J connectivity index is 3.28. The Labute approximate surface area is 377 Å². The number of aliphatic hydroxyl groups excluding tert-OH is 2. The van der Waals surface area contributed by atoms with Crippen LogP contribution in [0.3, 0.4) is 0 Å². The largest absolute Gasteiger partial charge is 0.458 e. The van der Waals surface area contributed by atoms with Gasteiger partial charge in [0, 0.05) is 6.54 Å². The van der Waals surface area contributed by atoms with Gasteiger partial charge in [0.1, 0.15) is 42.4 Å². The normalized spacial score (nSPS) is 24.9. The fourth-order valence-corrected chi connectivity index (χ4v) is 7.00. The van der Waals surface area contributed by atoms with Gasteiger partial charge in [-0.1, -0.05) is 98.3 Å². The maximum absolute atomic E-state index is 14.1. The predicted molar refractivity (Wildman–Crippen MR) is 239 cm³/mol. The van der Waals surface area contributed by atoms with Gasteiger partial charge in [-0.25, -0.2) is 4.79 Å². The number of carbonyl (C=O) groups excluding carboxylic acids is 8. The van der Waals surface area contributed by atoms with E-state index >= 15 is 0 Å². The first-order chi connectivity index (χ1) is 30.1. The van der Waals surface area contributed by atoms with Crippen LogP contribution in [0.1, 0.15) is 145 Å². The van der Waals surface area contributed by atoms with Gasteiger partial charge in [-0.2, -0.15) is 0 Å². The van der Waals surface area contributed by atoms with Crippen molar-refractivity contribution < 1.29 is 53.3 Å². The molecule has 21 heteroatoms. The van der Waals surface area contributed by atoms with Gasteiger partial charge in [0.05, 0.1) is 25.0 Å². The summed E-state index contributed by atoms with van der Waals surface area (Å²) in [6, 6.07) is -8.96. The fourth-order valence-electron chi connectivity index (χ4n) is 7.00. The SMILES string of the molecule is CC[C@@H](C)[C@@H]1NC(=O)[C@@H]([C@@H](C)CC)NC(=O)[C@@H](NC(=O)C[C@H](O)CCCCCCCCCCCCN=C(N)N)[C@@H](C)OC(=O)[C@@H](C)NC(=O)[C@@H](CC(N)=O)NC(=O)[C@@H]([C@@H](C)O)NC1=O. The Kier molecular flexibility index (Phi) is 26.8. The molecule has 1 aliphatic heterocycles. The van der Waals surface area contributed by atoms with Crippen molar-refractivity contribution in [2.45, 2.75) is 199 Å². The number of guanidine groups is 1. The summed E-state index contributed by atoms with van der Waals surface area (Å²) in [5.74, 6) is -8.43. The summed E-state index contributed by atoms with van der Waals surface area (Å²) in [4.78, 5) is 111. The van der Waals surface area contributed by atoms with Gasteiger partial charge in [-0.05, 0) is 45.4 Å². The van der Waals surface area contributed by atoms with Crippen LogP contribution in [0.4, 0.5) is 0 Å². The lowest BCUT2D eigenvalue weighted by Crippen LogP contribution is -2.63. The predicted octanol–water partition coefficient (Wildman–Crippen LogP) is -0.476. The monoisotopic (exact) mass is 911 g/mol. The van der Waals surface area contributed by atoms with E-state index in [0.717, 1.165) is 57.8 Å². The van der Waals surface area contributed by atoms with E-state index in [9.17, 15) is 48.6 Å². The summed E-state index contributed by atoms with van der Waals surface area (Å²) in [5, 5.41) is 36.2. The van der Waals surface area contributed by atoms with Crippen molar-refractivity contribution >= 4 is 53.3 Å². The third-order valence-corrected chi connectivity index (χ3v) is 11.4. The number of aliphatic hydroxyl groups is 2. The minimum atomic E-state index is -1.68. The molecule has 21 nitrogen and oxygen atoms in total. The third-order valence-electron chi connectivity index (χ3n) is 11.4. The highest BCUT2D eigenvalue weighted by Crippen LogP contribution is 2.16. The lowest BCUT2D eigenvalue weighted by atomic mass is 9.94. The number of primary amides is 1. The molecule has 11 atom stereocenters. The van der Waals surface area contributed by atoms with Crippen LogP contribution in [-0.4, -0.2) is 125 Å². The quantitative estimate of drug-likeness (QED) is 0.0268. The molecule has 0 unspecified atom stereocenters. The lowest BCUT2D eigenvalue weighted by Gasteiger charge is -2.32. The van der Waals surface area contributed by atoms with E-state index in [1.165, 1.54) is 20.8 Å². The van der Waals surface area contributed by atoms with Gasteiger partial charge in [0.25, 0.3) is 0 Å². The second-order valence-electron chi connectivity index (χ2n) is 17.1. The molecule has 366 valence electrons. The van der Waals surface area contributed by atoms with E-state index in [1.54, 1.807) is 27.7 Å². The molecule has 7 amide bonds. The Morgan fingerprint density at radius 3 is 1.62 bits per heavy atom. The van der Waals surface area contributed by atoms with E-state index < -0.39 is 120 Å². The number of cyclic esters (lactones) is 1. The van der Waals surface area contributed by atoms with Gasteiger partial charge in [-0.3, -0.25) is 38.6 Å². The van der Waals surface area contributed by atoms with Crippen LogP contribution in [0.25, 0.3) is 0 Å². The fraction of sp³-hybridized carbons (Fsp3) is 0.791. The molecular formula is C43H78N10O11. The summed E-state index contributed by atoms with van der Waals surface area (Å²) >= 11 is 0. The molecule has 0 aromatic rings. The summed E-state index contributed by atoms with van der Waals surface area (Å²) in [5.41, 5.74) is 16.0. The summed E-state index contributed by atoms with van der Waals surface area (Å²) in [6.07, 6.45) is 6.07. The number of nitrogens with zero attached hydrogens (tertiary/aromatic N) is 1. The maximum Gasteiger partial charge on any atom is 0.328 e. The van der Waals surface area contributed by atoms with Crippen molar-refractivity contribution in [1.29, 1.82) is 0 Å². The average Bonchev–Trinajstić information content (AvgIpc) is 3.22. The van der Waals surface area contributed by atoms with Crippen molar-refractivity contribution in [3.05, 3.63) is 0 Å². The highest BCUT2D eigenvalue weighted by Gasteiger charge is 2.39. The van der Waals surface area contributed by atoms with Gasteiger partial charge in [0.15, 0.2) is 5.96 Å². The number of rotatable bonds is 23. The second-order valence-corrected chi connectivity index (χ2v) is 17.1. The molecule has 0 aliphatic carbocycles. The number of aliphatic imine (C=N–C) groups is 1. The number of amides is 7. The molecule has 0 bridgehead atoms. The first-order valence-corrected chi connectivity index (χ1v) is 22.8. The minimum Gasteiger partial charge on any atom is -0.458 e. The zero-order valence-electron chi connectivity index (χ0n) is 38.9. The van der Waals surface area contributed by atoms with Gasteiger partial charge >= 0.3 is 5.97 Å². The zero-order chi connectivity index (χ0) is 48.5. The molecule has 0 aromatic heterocycles. The van der Waals surface area contributed by atoms with Crippen LogP contribution >= 0.6 is 0 Å².